The van der Waals surface area contributed by atoms with Crippen molar-refractivity contribution in [2.75, 3.05) is 37.4 Å². The Hall–Kier alpha value is -3.65. The number of benzene rings is 2. The van der Waals surface area contributed by atoms with E-state index in [1.807, 2.05) is 49.5 Å². The maximum Gasteiger partial charge on any atom is 0.221 e. The SMILES string of the molecule is CN1CCC(=O)NCCCCOc2ccc(cc2)Nc2cc(ncn2)Nc2cccc(c2)C1. The predicted molar refractivity (Wildman–Crippen MR) is 130 cm³/mol. The Balaban J connectivity index is 1.50. The van der Waals surface area contributed by atoms with Gasteiger partial charge in [0.1, 0.15) is 23.7 Å². The van der Waals surface area contributed by atoms with E-state index in [-0.39, 0.29) is 5.91 Å². The molecule has 3 heterocycles. The van der Waals surface area contributed by atoms with Gasteiger partial charge in [0.05, 0.1) is 6.61 Å². The minimum atomic E-state index is 0.0826. The number of amides is 1. The topological polar surface area (TPSA) is 91.4 Å². The molecule has 0 aliphatic carbocycles. The van der Waals surface area contributed by atoms with E-state index in [1.165, 1.54) is 6.33 Å². The fourth-order valence-electron chi connectivity index (χ4n) is 3.59. The summed E-state index contributed by atoms with van der Waals surface area (Å²) in [5.41, 5.74) is 3.02. The largest absolute Gasteiger partial charge is 0.494 e. The zero-order valence-electron chi connectivity index (χ0n) is 18.9. The molecule has 0 atom stereocenters. The van der Waals surface area contributed by atoms with Crippen molar-refractivity contribution < 1.29 is 9.53 Å². The molecular weight excluding hydrogens is 416 g/mol. The van der Waals surface area contributed by atoms with E-state index in [1.54, 1.807) is 0 Å². The fraction of sp³-hybridized carbons (Fsp3) is 0.320. The zero-order chi connectivity index (χ0) is 22.9. The van der Waals surface area contributed by atoms with Crippen LogP contribution < -0.4 is 20.7 Å². The van der Waals surface area contributed by atoms with Crippen LogP contribution in [0.25, 0.3) is 0 Å². The van der Waals surface area contributed by atoms with Gasteiger partial charge in [0, 0.05) is 43.5 Å². The van der Waals surface area contributed by atoms with Gasteiger partial charge < -0.3 is 25.6 Å². The van der Waals surface area contributed by atoms with E-state index in [0.29, 0.717) is 37.8 Å². The summed E-state index contributed by atoms with van der Waals surface area (Å²) in [6.07, 6.45) is 3.78. The molecule has 8 nitrogen and oxygen atoms in total. The Bertz CT molecular complexity index is 1060. The van der Waals surface area contributed by atoms with Crippen molar-refractivity contribution in [2.24, 2.45) is 0 Å². The van der Waals surface area contributed by atoms with Crippen LogP contribution in [-0.4, -0.2) is 47.5 Å². The van der Waals surface area contributed by atoms with Crippen LogP contribution >= 0.6 is 0 Å². The number of hydrogen-bond acceptors (Lipinski definition) is 7. The Kier molecular flexibility index (Phi) is 7.71. The van der Waals surface area contributed by atoms with Gasteiger partial charge in [0.2, 0.25) is 5.91 Å². The number of rotatable bonds is 0. The smallest absolute Gasteiger partial charge is 0.221 e. The van der Waals surface area contributed by atoms with Gasteiger partial charge in [-0.25, -0.2) is 9.97 Å². The number of ether oxygens (including phenoxy) is 1. The molecule has 1 amide bonds. The normalized spacial score (nSPS) is 16.1. The standard InChI is InChI=1S/C25H30N6O2/c1-31-13-11-25(32)26-12-2-3-14-33-22-9-7-20(8-10-22)29-23-16-24(28-18-27-23)30-21-6-4-5-19(15-21)17-31/h4-10,15-16,18H,2-3,11-14,17H2,1H3,(H,26,32)(H2,27,28,29,30). The minimum absolute atomic E-state index is 0.0826. The second-order valence-corrected chi connectivity index (χ2v) is 8.16. The van der Waals surface area contributed by atoms with Crippen molar-refractivity contribution >= 4 is 28.9 Å². The summed E-state index contributed by atoms with van der Waals surface area (Å²) in [5, 5.41) is 9.65. The average Bonchev–Trinajstić information content (AvgIpc) is 2.81. The van der Waals surface area contributed by atoms with Crippen LogP contribution in [0.2, 0.25) is 0 Å². The summed E-state index contributed by atoms with van der Waals surface area (Å²) in [6, 6.07) is 17.9. The van der Waals surface area contributed by atoms with Crippen LogP contribution in [-0.2, 0) is 11.3 Å². The summed E-state index contributed by atoms with van der Waals surface area (Å²) in [7, 11) is 2.03. The van der Waals surface area contributed by atoms with E-state index in [0.717, 1.165) is 42.1 Å². The lowest BCUT2D eigenvalue weighted by Crippen LogP contribution is -2.29. The highest BCUT2D eigenvalue weighted by atomic mass is 16.5. The number of nitrogens with zero attached hydrogens (tertiary/aromatic N) is 3. The first kappa shape index (κ1) is 22.5. The minimum Gasteiger partial charge on any atom is -0.494 e. The van der Waals surface area contributed by atoms with E-state index in [4.69, 9.17) is 4.74 Å². The van der Waals surface area contributed by atoms with E-state index in [2.05, 4.69) is 43.0 Å². The summed E-state index contributed by atoms with van der Waals surface area (Å²) >= 11 is 0. The Labute approximate surface area is 194 Å². The number of fused-ring (bicyclic) bond motifs is 12. The Morgan fingerprint density at radius 2 is 1.73 bits per heavy atom. The van der Waals surface area contributed by atoms with Crippen LogP contribution in [0.5, 0.6) is 5.75 Å². The summed E-state index contributed by atoms with van der Waals surface area (Å²) in [5.74, 6) is 2.30. The molecule has 8 heteroatoms. The maximum absolute atomic E-state index is 12.2. The van der Waals surface area contributed by atoms with Crippen molar-refractivity contribution in [3.8, 4) is 5.75 Å². The number of aromatic nitrogens is 2. The number of anilines is 4. The van der Waals surface area contributed by atoms with Crippen molar-refractivity contribution in [1.82, 2.24) is 20.2 Å². The Morgan fingerprint density at radius 3 is 2.55 bits per heavy atom. The van der Waals surface area contributed by atoms with E-state index >= 15 is 0 Å². The summed E-state index contributed by atoms with van der Waals surface area (Å²) in [6.45, 7) is 2.74. The van der Waals surface area contributed by atoms with Crippen LogP contribution in [0, 0.1) is 0 Å². The van der Waals surface area contributed by atoms with Gasteiger partial charge in [-0.1, -0.05) is 12.1 Å². The lowest BCUT2D eigenvalue weighted by atomic mass is 10.2. The monoisotopic (exact) mass is 446 g/mol. The third-order valence-electron chi connectivity index (χ3n) is 5.33. The molecule has 2 aromatic carbocycles. The molecule has 33 heavy (non-hydrogen) atoms. The molecule has 0 saturated carbocycles. The molecule has 5 rings (SSSR count). The highest BCUT2D eigenvalue weighted by molar-refractivity contribution is 5.76. The highest BCUT2D eigenvalue weighted by Crippen LogP contribution is 2.22. The lowest BCUT2D eigenvalue weighted by Gasteiger charge is -2.17. The molecule has 0 fully saturated rings. The molecule has 1 aromatic heterocycles. The number of carbonyl (C=O) groups excluding carboxylic acids is 1. The lowest BCUT2D eigenvalue weighted by molar-refractivity contribution is -0.121. The van der Waals surface area contributed by atoms with Gasteiger partial charge in [0.25, 0.3) is 0 Å². The second kappa shape index (κ2) is 11.3. The molecule has 2 aliphatic rings. The number of carbonyl (C=O) groups is 1. The van der Waals surface area contributed by atoms with Gasteiger partial charge in [-0.05, 0) is 61.9 Å². The third-order valence-corrected chi connectivity index (χ3v) is 5.33. The second-order valence-electron chi connectivity index (χ2n) is 8.16. The molecule has 3 aromatic rings. The van der Waals surface area contributed by atoms with Crippen LogP contribution in [0.1, 0.15) is 24.8 Å². The van der Waals surface area contributed by atoms with Gasteiger partial charge in [0.15, 0.2) is 0 Å². The van der Waals surface area contributed by atoms with Crippen molar-refractivity contribution in [1.29, 1.82) is 0 Å². The molecule has 0 saturated heterocycles. The molecule has 0 radical (unpaired) electrons. The van der Waals surface area contributed by atoms with Gasteiger partial charge >= 0.3 is 0 Å². The van der Waals surface area contributed by atoms with Gasteiger partial charge in [-0.2, -0.15) is 0 Å². The predicted octanol–water partition coefficient (Wildman–Crippen LogP) is 4.07. The maximum atomic E-state index is 12.2. The molecule has 172 valence electrons. The van der Waals surface area contributed by atoms with Crippen LogP contribution in [0.4, 0.5) is 23.0 Å². The van der Waals surface area contributed by atoms with Crippen LogP contribution in [0.3, 0.4) is 0 Å². The van der Waals surface area contributed by atoms with Gasteiger partial charge in [-0.3, -0.25) is 4.79 Å². The highest BCUT2D eigenvalue weighted by Gasteiger charge is 2.07. The van der Waals surface area contributed by atoms with Crippen LogP contribution in [0.15, 0.2) is 60.9 Å². The van der Waals surface area contributed by atoms with Gasteiger partial charge in [-0.15, -0.1) is 0 Å². The average molecular weight is 447 g/mol. The third kappa shape index (κ3) is 7.18. The zero-order valence-corrected chi connectivity index (χ0v) is 18.9. The molecular formula is C25H30N6O2. The van der Waals surface area contributed by atoms with E-state index in [9.17, 15) is 4.79 Å². The van der Waals surface area contributed by atoms with E-state index < -0.39 is 0 Å². The molecule has 0 spiro atoms. The first-order valence-electron chi connectivity index (χ1n) is 11.3. The van der Waals surface area contributed by atoms with Crippen molar-refractivity contribution in [2.45, 2.75) is 25.8 Å². The van der Waals surface area contributed by atoms with Crippen molar-refractivity contribution in [3.05, 3.63) is 66.5 Å². The number of nitrogens with one attached hydrogen (secondary N) is 3. The quantitative estimate of drug-likeness (QED) is 0.479. The first-order chi connectivity index (χ1) is 16.1. The first-order valence-corrected chi connectivity index (χ1v) is 11.3. The molecule has 3 N–H and O–H groups in total. The number of hydrogen-bond donors (Lipinski definition) is 3. The summed E-state index contributed by atoms with van der Waals surface area (Å²) < 4.78 is 5.81. The van der Waals surface area contributed by atoms with Crippen molar-refractivity contribution in [3.63, 3.8) is 0 Å². The Morgan fingerprint density at radius 1 is 0.939 bits per heavy atom. The molecule has 0 unspecified atom stereocenters. The fourth-order valence-corrected chi connectivity index (χ4v) is 3.59. The summed E-state index contributed by atoms with van der Waals surface area (Å²) in [4.78, 5) is 23.0. The molecule has 6 bridgehead atoms. The molecule has 2 aliphatic heterocycles.